The van der Waals surface area contributed by atoms with Gasteiger partial charge in [0.1, 0.15) is 11.8 Å². The SMILES string of the molecule is CCCCCC1(c2ccccc2)CN(C(=O)C(Cc2ccc(OC)cc2)NC(=O)CCc2c[nH]cn2)C1. The van der Waals surface area contributed by atoms with Gasteiger partial charge in [0, 0.05) is 37.5 Å². The second-order valence-corrected chi connectivity index (χ2v) is 10.0. The highest BCUT2D eigenvalue weighted by Crippen LogP contribution is 2.39. The number of rotatable bonds is 13. The van der Waals surface area contributed by atoms with E-state index in [1.165, 1.54) is 18.4 Å². The van der Waals surface area contributed by atoms with Gasteiger partial charge >= 0.3 is 0 Å². The summed E-state index contributed by atoms with van der Waals surface area (Å²) in [5, 5.41) is 3.03. The van der Waals surface area contributed by atoms with Crippen molar-refractivity contribution in [2.75, 3.05) is 20.2 Å². The van der Waals surface area contributed by atoms with Crippen LogP contribution in [0.2, 0.25) is 0 Å². The number of aromatic nitrogens is 2. The third kappa shape index (κ3) is 6.79. The van der Waals surface area contributed by atoms with E-state index in [1.54, 1.807) is 19.6 Å². The van der Waals surface area contributed by atoms with Crippen molar-refractivity contribution in [3.05, 3.63) is 83.9 Å². The van der Waals surface area contributed by atoms with Crippen LogP contribution in [-0.2, 0) is 27.8 Å². The number of hydrogen-bond donors (Lipinski definition) is 2. The molecule has 196 valence electrons. The highest BCUT2D eigenvalue weighted by Gasteiger charge is 2.47. The predicted molar refractivity (Wildman–Crippen MR) is 144 cm³/mol. The van der Waals surface area contributed by atoms with Gasteiger partial charge < -0.3 is 19.9 Å². The van der Waals surface area contributed by atoms with Gasteiger partial charge in [-0.25, -0.2) is 4.98 Å². The Morgan fingerprint density at radius 3 is 2.51 bits per heavy atom. The summed E-state index contributed by atoms with van der Waals surface area (Å²) in [7, 11) is 1.63. The first-order valence-corrected chi connectivity index (χ1v) is 13.3. The minimum Gasteiger partial charge on any atom is -0.497 e. The molecule has 1 aromatic heterocycles. The van der Waals surface area contributed by atoms with Crippen molar-refractivity contribution in [3.8, 4) is 5.75 Å². The smallest absolute Gasteiger partial charge is 0.245 e. The minimum absolute atomic E-state index is 0.0132. The van der Waals surface area contributed by atoms with E-state index in [1.807, 2.05) is 35.2 Å². The molecule has 2 N–H and O–H groups in total. The molecule has 37 heavy (non-hydrogen) atoms. The molecule has 2 aromatic carbocycles. The van der Waals surface area contributed by atoms with E-state index in [9.17, 15) is 9.59 Å². The number of aryl methyl sites for hydroxylation is 1. The van der Waals surface area contributed by atoms with Crippen LogP contribution in [0.25, 0.3) is 0 Å². The zero-order chi connectivity index (χ0) is 26.1. The standard InChI is InChI=1S/C30H38N4O3/c1-3-4-8-17-30(24-9-6-5-7-10-24)20-34(21-30)29(36)27(18-23-11-14-26(37-2)15-12-23)33-28(35)16-13-25-19-31-22-32-25/h5-7,9-12,14-15,19,22,27H,3-4,8,13,16-18,20-21H2,1-2H3,(H,31,32)(H,33,35). The summed E-state index contributed by atoms with van der Waals surface area (Å²) < 4.78 is 5.27. The van der Waals surface area contributed by atoms with Gasteiger partial charge in [-0.15, -0.1) is 0 Å². The van der Waals surface area contributed by atoms with Crippen LogP contribution in [-0.4, -0.2) is 52.9 Å². The van der Waals surface area contributed by atoms with Crippen LogP contribution in [0.4, 0.5) is 0 Å². The quantitative estimate of drug-likeness (QED) is 0.338. The molecule has 0 aliphatic carbocycles. The van der Waals surface area contributed by atoms with Gasteiger partial charge in [-0.05, 0) is 36.1 Å². The number of unbranched alkanes of at least 4 members (excludes halogenated alkanes) is 2. The molecule has 1 fully saturated rings. The molecular formula is C30H38N4O3. The van der Waals surface area contributed by atoms with Crippen LogP contribution in [0.1, 0.15) is 55.8 Å². The van der Waals surface area contributed by atoms with E-state index >= 15 is 0 Å². The number of H-pyrrole nitrogens is 1. The number of ether oxygens (including phenoxy) is 1. The van der Waals surface area contributed by atoms with Crippen molar-refractivity contribution >= 4 is 11.8 Å². The van der Waals surface area contributed by atoms with Gasteiger partial charge in [0.15, 0.2) is 0 Å². The second kappa shape index (κ2) is 12.6. The molecule has 2 heterocycles. The first-order valence-electron chi connectivity index (χ1n) is 13.3. The first kappa shape index (κ1) is 26.5. The molecule has 1 saturated heterocycles. The van der Waals surface area contributed by atoms with Crippen LogP contribution in [0.15, 0.2) is 67.1 Å². The van der Waals surface area contributed by atoms with Crippen molar-refractivity contribution in [1.29, 1.82) is 0 Å². The van der Waals surface area contributed by atoms with Gasteiger partial charge in [0.2, 0.25) is 11.8 Å². The summed E-state index contributed by atoms with van der Waals surface area (Å²) in [6, 6.07) is 17.6. The normalized spacial score (nSPS) is 15.0. The van der Waals surface area contributed by atoms with Gasteiger partial charge in [-0.1, -0.05) is 68.7 Å². The molecule has 2 amide bonds. The highest BCUT2D eigenvalue weighted by molar-refractivity contribution is 5.88. The highest BCUT2D eigenvalue weighted by atomic mass is 16.5. The maximum Gasteiger partial charge on any atom is 0.245 e. The molecular weight excluding hydrogens is 464 g/mol. The fourth-order valence-corrected chi connectivity index (χ4v) is 5.18. The molecule has 1 atom stereocenters. The van der Waals surface area contributed by atoms with Crippen LogP contribution in [0, 0.1) is 0 Å². The Morgan fingerprint density at radius 2 is 1.86 bits per heavy atom. The molecule has 7 nitrogen and oxygen atoms in total. The molecule has 4 rings (SSSR count). The predicted octanol–water partition coefficient (Wildman–Crippen LogP) is 4.44. The summed E-state index contributed by atoms with van der Waals surface area (Å²) in [6.07, 6.45) is 9.19. The fraction of sp³-hybridized carbons (Fsp3) is 0.433. The van der Waals surface area contributed by atoms with E-state index in [0.717, 1.165) is 29.8 Å². The Bertz CT molecular complexity index is 1120. The van der Waals surface area contributed by atoms with Crippen molar-refractivity contribution in [3.63, 3.8) is 0 Å². The average Bonchev–Trinajstić information content (AvgIpc) is 3.43. The monoisotopic (exact) mass is 502 g/mol. The third-order valence-electron chi connectivity index (χ3n) is 7.34. The Hall–Kier alpha value is -3.61. The lowest BCUT2D eigenvalue weighted by atomic mass is 9.70. The Balaban J connectivity index is 1.46. The first-order chi connectivity index (χ1) is 18.0. The lowest BCUT2D eigenvalue weighted by molar-refractivity contribution is -0.143. The number of nitrogens with one attached hydrogen (secondary N) is 2. The van der Waals surface area contributed by atoms with E-state index in [-0.39, 0.29) is 23.7 Å². The second-order valence-electron chi connectivity index (χ2n) is 10.0. The van der Waals surface area contributed by atoms with E-state index in [4.69, 9.17) is 4.74 Å². The van der Waals surface area contributed by atoms with E-state index in [0.29, 0.717) is 25.9 Å². The molecule has 3 aromatic rings. The molecule has 0 bridgehead atoms. The topological polar surface area (TPSA) is 87.3 Å². The van der Waals surface area contributed by atoms with Crippen LogP contribution in [0.3, 0.4) is 0 Å². The molecule has 0 saturated carbocycles. The number of nitrogens with zero attached hydrogens (tertiary/aromatic N) is 2. The third-order valence-corrected chi connectivity index (χ3v) is 7.34. The van der Waals surface area contributed by atoms with Crippen molar-refractivity contribution in [2.45, 2.75) is 63.3 Å². The Labute approximate surface area is 219 Å². The summed E-state index contributed by atoms with van der Waals surface area (Å²) >= 11 is 0. The van der Waals surface area contributed by atoms with Crippen LogP contribution < -0.4 is 10.1 Å². The molecule has 1 aliphatic heterocycles. The van der Waals surface area contributed by atoms with Gasteiger partial charge in [0.05, 0.1) is 19.1 Å². The maximum absolute atomic E-state index is 13.7. The fourth-order valence-electron chi connectivity index (χ4n) is 5.18. The van der Waals surface area contributed by atoms with Crippen molar-refractivity contribution in [1.82, 2.24) is 20.2 Å². The number of benzene rings is 2. The van der Waals surface area contributed by atoms with Gasteiger partial charge in [0.25, 0.3) is 0 Å². The Kier molecular flexibility index (Phi) is 8.99. The van der Waals surface area contributed by atoms with E-state index in [2.05, 4.69) is 46.5 Å². The summed E-state index contributed by atoms with van der Waals surface area (Å²) in [5.41, 5.74) is 3.09. The number of likely N-dealkylation sites (tertiary alicyclic amines) is 1. The van der Waals surface area contributed by atoms with Gasteiger partial charge in [-0.3, -0.25) is 9.59 Å². The number of methoxy groups -OCH3 is 1. The zero-order valence-electron chi connectivity index (χ0n) is 21.9. The lowest BCUT2D eigenvalue weighted by Crippen LogP contribution is -2.64. The molecule has 7 heteroatoms. The molecule has 0 spiro atoms. The van der Waals surface area contributed by atoms with E-state index < -0.39 is 6.04 Å². The van der Waals surface area contributed by atoms with Crippen LogP contribution in [0.5, 0.6) is 5.75 Å². The van der Waals surface area contributed by atoms with Crippen LogP contribution >= 0.6 is 0 Å². The van der Waals surface area contributed by atoms with Crippen molar-refractivity contribution < 1.29 is 14.3 Å². The number of carbonyl (C=O) groups excluding carboxylic acids is 2. The average molecular weight is 503 g/mol. The molecule has 1 aliphatic rings. The Morgan fingerprint density at radius 1 is 1.11 bits per heavy atom. The maximum atomic E-state index is 13.7. The summed E-state index contributed by atoms with van der Waals surface area (Å²) in [5.74, 6) is 0.593. The number of hydrogen-bond acceptors (Lipinski definition) is 4. The minimum atomic E-state index is -0.621. The summed E-state index contributed by atoms with van der Waals surface area (Å²) in [6.45, 7) is 3.58. The zero-order valence-corrected chi connectivity index (χ0v) is 21.9. The number of carbonyl (C=O) groups is 2. The number of aromatic amines is 1. The van der Waals surface area contributed by atoms with Gasteiger partial charge in [-0.2, -0.15) is 0 Å². The van der Waals surface area contributed by atoms with Crippen molar-refractivity contribution in [2.24, 2.45) is 0 Å². The number of imidazole rings is 1. The lowest BCUT2D eigenvalue weighted by Gasteiger charge is -2.52. The molecule has 0 radical (unpaired) electrons. The molecule has 1 unspecified atom stereocenters. The number of amides is 2. The summed E-state index contributed by atoms with van der Waals surface area (Å²) in [4.78, 5) is 35.6. The largest absolute Gasteiger partial charge is 0.497 e.